The van der Waals surface area contributed by atoms with E-state index in [1.807, 2.05) is 6.92 Å². The molecule has 0 aliphatic heterocycles. The van der Waals surface area contributed by atoms with Gasteiger partial charge in [0.15, 0.2) is 9.84 Å². The Morgan fingerprint density at radius 1 is 1.41 bits per heavy atom. The van der Waals surface area contributed by atoms with Crippen LogP contribution in [-0.4, -0.2) is 26.6 Å². The molecule has 17 heavy (non-hydrogen) atoms. The standard InChI is InChI=1S/C9H15N3O3S2/c1-3-12-9-7(17(14,15)4-2)5(10)6(16-9)8(11)13/h12H,3-4,10H2,1-2H3,(H2,11,13). The van der Waals surface area contributed by atoms with Crippen molar-refractivity contribution in [3.8, 4) is 0 Å². The number of primary amides is 1. The number of nitrogens with one attached hydrogen (secondary N) is 1. The highest BCUT2D eigenvalue weighted by Gasteiger charge is 2.27. The quantitative estimate of drug-likeness (QED) is 0.731. The third-order valence-corrected chi connectivity index (χ3v) is 5.26. The second-order valence-corrected chi connectivity index (χ2v) is 6.54. The fraction of sp³-hybridized carbons (Fsp3) is 0.444. The Hall–Kier alpha value is -1.28. The zero-order valence-electron chi connectivity index (χ0n) is 9.61. The van der Waals surface area contributed by atoms with Crippen molar-refractivity contribution in [3.05, 3.63) is 4.88 Å². The molecule has 0 fully saturated rings. The molecule has 0 aromatic carbocycles. The lowest BCUT2D eigenvalue weighted by Crippen LogP contribution is -2.13. The van der Waals surface area contributed by atoms with Crippen molar-refractivity contribution in [1.82, 2.24) is 0 Å². The highest BCUT2D eigenvalue weighted by Crippen LogP contribution is 2.39. The summed E-state index contributed by atoms with van der Waals surface area (Å²) in [6, 6.07) is 0. The summed E-state index contributed by atoms with van der Waals surface area (Å²) in [5.41, 5.74) is 10.8. The minimum Gasteiger partial charge on any atom is -0.396 e. The molecule has 0 unspecified atom stereocenters. The molecule has 5 N–H and O–H groups in total. The maximum Gasteiger partial charge on any atom is 0.261 e. The van der Waals surface area contributed by atoms with E-state index < -0.39 is 15.7 Å². The Bertz CT molecular complexity index is 534. The highest BCUT2D eigenvalue weighted by atomic mass is 32.2. The second-order valence-electron chi connectivity index (χ2n) is 3.30. The van der Waals surface area contributed by atoms with E-state index >= 15 is 0 Å². The molecule has 0 aliphatic rings. The zero-order chi connectivity index (χ0) is 13.2. The third-order valence-electron chi connectivity index (χ3n) is 2.15. The van der Waals surface area contributed by atoms with Crippen LogP contribution in [0.25, 0.3) is 0 Å². The first-order valence-corrected chi connectivity index (χ1v) is 7.50. The molecule has 1 aromatic heterocycles. The van der Waals surface area contributed by atoms with Crippen molar-refractivity contribution in [2.45, 2.75) is 18.7 Å². The van der Waals surface area contributed by atoms with E-state index in [2.05, 4.69) is 5.32 Å². The van der Waals surface area contributed by atoms with Crippen molar-refractivity contribution >= 4 is 37.8 Å². The number of rotatable bonds is 5. The largest absolute Gasteiger partial charge is 0.396 e. The van der Waals surface area contributed by atoms with Gasteiger partial charge in [-0.1, -0.05) is 6.92 Å². The van der Waals surface area contributed by atoms with Crippen LogP contribution in [0.2, 0.25) is 0 Å². The van der Waals surface area contributed by atoms with E-state index in [0.29, 0.717) is 11.5 Å². The van der Waals surface area contributed by atoms with E-state index in [9.17, 15) is 13.2 Å². The molecule has 8 heteroatoms. The molecule has 0 atom stereocenters. The molecule has 0 saturated carbocycles. The van der Waals surface area contributed by atoms with E-state index in [4.69, 9.17) is 11.5 Å². The summed E-state index contributed by atoms with van der Waals surface area (Å²) in [6.07, 6.45) is 0. The molecule has 0 aliphatic carbocycles. The summed E-state index contributed by atoms with van der Waals surface area (Å²) < 4.78 is 23.8. The van der Waals surface area contributed by atoms with Gasteiger partial charge in [-0.3, -0.25) is 4.79 Å². The van der Waals surface area contributed by atoms with E-state index in [0.717, 1.165) is 11.3 Å². The van der Waals surface area contributed by atoms with Gasteiger partial charge in [0.25, 0.3) is 5.91 Å². The molecule has 1 rings (SSSR count). The first-order valence-electron chi connectivity index (χ1n) is 5.03. The monoisotopic (exact) mass is 277 g/mol. The molecule has 0 radical (unpaired) electrons. The summed E-state index contributed by atoms with van der Waals surface area (Å²) >= 11 is 0.971. The van der Waals surface area contributed by atoms with Crippen molar-refractivity contribution in [1.29, 1.82) is 0 Å². The van der Waals surface area contributed by atoms with Gasteiger partial charge in [-0.25, -0.2) is 8.42 Å². The van der Waals surface area contributed by atoms with Gasteiger partial charge in [-0.2, -0.15) is 0 Å². The van der Waals surface area contributed by atoms with Crippen LogP contribution in [0.5, 0.6) is 0 Å². The smallest absolute Gasteiger partial charge is 0.261 e. The Labute approximate surface area is 104 Å². The van der Waals surface area contributed by atoms with E-state index in [1.54, 1.807) is 0 Å². The number of nitrogens with two attached hydrogens (primary N) is 2. The van der Waals surface area contributed by atoms with E-state index in [1.165, 1.54) is 6.92 Å². The maximum absolute atomic E-state index is 11.9. The topological polar surface area (TPSA) is 115 Å². The molecular formula is C9H15N3O3S2. The summed E-state index contributed by atoms with van der Waals surface area (Å²) in [4.78, 5) is 11.2. The Morgan fingerprint density at radius 2 is 2.00 bits per heavy atom. The molecule has 0 bridgehead atoms. The number of amides is 1. The Morgan fingerprint density at radius 3 is 2.41 bits per heavy atom. The minimum absolute atomic E-state index is 0.0133. The predicted molar refractivity (Wildman–Crippen MR) is 69.1 cm³/mol. The van der Waals surface area contributed by atoms with Gasteiger partial charge in [0.1, 0.15) is 14.8 Å². The van der Waals surface area contributed by atoms with Crippen molar-refractivity contribution in [2.75, 3.05) is 23.3 Å². The van der Waals surface area contributed by atoms with Gasteiger partial charge in [-0.15, -0.1) is 11.3 Å². The molecular weight excluding hydrogens is 262 g/mol. The van der Waals surface area contributed by atoms with Gasteiger partial charge >= 0.3 is 0 Å². The number of thiophene rings is 1. The van der Waals surface area contributed by atoms with Gasteiger partial charge < -0.3 is 16.8 Å². The number of hydrogen-bond acceptors (Lipinski definition) is 6. The van der Waals surface area contributed by atoms with Gasteiger partial charge in [-0.05, 0) is 6.92 Å². The van der Waals surface area contributed by atoms with Crippen molar-refractivity contribution in [3.63, 3.8) is 0 Å². The first kappa shape index (κ1) is 13.8. The number of carbonyl (C=O) groups excluding carboxylic acids is 1. The summed E-state index contributed by atoms with van der Waals surface area (Å²) in [5.74, 6) is -0.797. The van der Waals surface area contributed by atoms with Crippen LogP contribution in [0.3, 0.4) is 0 Å². The van der Waals surface area contributed by atoms with E-state index in [-0.39, 0.29) is 21.2 Å². The molecule has 96 valence electrons. The summed E-state index contributed by atoms with van der Waals surface area (Å²) in [5, 5.41) is 3.26. The van der Waals surface area contributed by atoms with Crippen LogP contribution in [0, 0.1) is 0 Å². The normalized spacial score (nSPS) is 11.4. The van der Waals surface area contributed by atoms with Crippen LogP contribution >= 0.6 is 11.3 Å². The minimum atomic E-state index is -3.48. The van der Waals surface area contributed by atoms with Gasteiger partial charge in [0.05, 0.1) is 11.4 Å². The van der Waals surface area contributed by atoms with Gasteiger partial charge in [0.2, 0.25) is 0 Å². The van der Waals surface area contributed by atoms with Gasteiger partial charge in [0, 0.05) is 6.54 Å². The summed E-state index contributed by atoms with van der Waals surface area (Å²) in [6.45, 7) is 3.87. The number of hydrogen-bond donors (Lipinski definition) is 3. The number of sulfone groups is 1. The Kier molecular flexibility index (Phi) is 3.99. The van der Waals surface area contributed by atoms with Crippen molar-refractivity contribution in [2.24, 2.45) is 5.73 Å². The number of nitrogen functional groups attached to an aromatic ring is 1. The molecule has 0 saturated heterocycles. The molecule has 1 heterocycles. The molecule has 1 aromatic rings. The maximum atomic E-state index is 11.9. The van der Waals surface area contributed by atoms with Crippen LogP contribution in [0.4, 0.5) is 10.7 Å². The first-order chi connectivity index (χ1) is 7.85. The SMILES string of the molecule is CCNc1sc(C(N)=O)c(N)c1S(=O)(=O)CC. The van der Waals surface area contributed by atoms with Crippen molar-refractivity contribution < 1.29 is 13.2 Å². The average Bonchev–Trinajstić information content (AvgIpc) is 2.57. The van der Waals surface area contributed by atoms with Crippen LogP contribution in [0.15, 0.2) is 4.90 Å². The fourth-order valence-electron chi connectivity index (χ4n) is 1.34. The lowest BCUT2D eigenvalue weighted by molar-refractivity contribution is 0.100. The lowest BCUT2D eigenvalue weighted by atomic mass is 10.4. The molecule has 0 spiro atoms. The molecule has 6 nitrogen and oxygen atoms in total. The molecule has 1 amide bonds. The third kappa shape index (κ3) is 2.52. The highest BCUT2D eigenvalue weighted by molar-refractivity contribution is 7.91. The van der Waals surface area contributed by atoms with Crippen LogP contribution < -0.4 is 16.8 Å². The van der Waals surface area contributed by atoms with Crippen LogP contribution in [0.1, 0.15) is 23.5 Å². The van der Waals surface area contributed by atoms with Crippen LogP contribution in [-0.2, 0) is 9.84 Å². The number of carbonyl (C=O) groups is 1. The lowest BCUT2D eigenvalue weighted by Gasteiger charge is -2.05. The number of anilines is 2. The Balaban J connectivity index is 3.51. The zero-order valence-corrected chi connectivity index (χ0v) is 11.2. The second kappa shape index (κ2) is 4.92. The average molecular weight is 277 g/mol. The summed E-state index contributed by atoms with van der Waals surface area (Å²) in [7, 11) is -3.48. The predicted octanol–water partition coefficient (Wildman–Crippen LogP) is 0.655. The fourth-order valence-corrected chi connectivity index (χ4v) is 3.93.